The fourth-order valence-corrected chi connectivity index (χ4v) is 7.93. The van der Waals surface area contributed by atoms with Gasteiger partial charge >= 0.3 is 17.9 Å². The third kappa shape index (κ3) is 53.7. The van der Waals surface area contributed by atoms with Crippen molar-refractivity contribution < 1.29 is 28.6 Å². The van der Waals surface area contributed by atoms with Gasteiger partial charge in [0.1, 0.15) is 13.2 Å². The van der Waals surface area contributed by atoms with E-state index in [0.29, 0.717) is 19.3 Å². The Bertz CT molecular complexity index is 1260. The Balaban J connectivity index is 4.34. The lowest BCUT2D eigenvalue weighted by molar-refractivity contribution is -0.167. The molecule has 6 nitrogen and oxygen atoms in total. The van der Waals surface area contributed by atoms with E-state index < -0.39 is 6.10 Å². The number of carbonyl (C=O) groups excluding carboxylic acids is 3. The Hall–Kier alpha value is -3.15. The van der Waals surface area contributed by atoms with Gasteiger partial charge in [-0.3, -0.25) is 14.4 Å². The number of hydrogen-bond acceptors (Lipinski definition) is 6. The molecule has 6 heteroatoms. The molecule has 0 aliphatic heterocycles. The van der Waals surface area contributed by atoms with Gasteiger partial charge in [-0.05, 0) is 77.0 Å². The first-order valence-electron chi connectivity index (χ1n) is 28.4. The third-order valence-corrected chi connectivity index (χ3v) is 12.2. The summed E-state index contributed by atoms with van der Waals surface area (Å²) < 4.78 is 16.8. The highest BCUT2D eigenvalue weighted by molar-refractivity contribution is 5.71. The molecule has 67 heavy (non-hydrogen) atoms. The van der Waals surface area contributed by atoms with Gasteiger partial charge < -0.3 is 14.2 Å². The van der Waals surface area contributed by atoms with Crippen molar-refractivity contribution in [3.63, 3.8) is 0 Å². The van der Waals surface area contributed by atoms with E-state index in [-0.39, 0.29) is 37.5 Å². The Morgan fingerprint density at radius 1 is 0.313 bits per heavy atom. The van der Waals surface area contributed by atoms with E-state index in [1.807, 2.05) is 0 Å². The van der Waals surface area contributed by atoms with Crippen LogP contribution in [0.3, 0.4) is 0 Å². The lowest BCUT2D eigenvalue weighted by Gasteiger charge is -2.18. The largest absolute Gasteiger partial charge is 0.462 e. The number of carbonyl (C=O) groups is 3. The average Bonchev–Trinajstić information content (AvgIpc) is 3.33. The van der Waals surface area contributed by atoms with E-state index >= 15 is 0 Å². The monoisotopic (exact) mass is 935 g/mol. The summed E-state index contributed by atoms with van der Waals surface area (Å²) >= 11 is 0. The zero-order chi connectivity index (χ0) is 48.6. The van der Waals surface area contributed by atoms with Crippen molar-refractivity contribution in [2.75, 3.05) is 13.2 Å². The van der Waals surface area contributed by atoms with Crippen molar-refractivity contribution in [2.24, 2.45) is 0 Å². The molecule has 0 spiro atoms. The number of esters is 3. The van der Waals surface area contributed by atoms with Gasteiger partial charge in [0.25, 0.3) is 0 Å². The number of rotatable bonds is 51. The van der Waals surface area contributed by atoms with Crippen LogP contribution in [-0.4, -0.2) is 37.2 Å². The highest BCUT2D eigenvalue weighted by atomic mass is 16.6. The molecule has 0 unspecified atom stereocenters. The minimum absolute atomic E-state index is 0.0943. The van der Waals surface area contributed by atoms with Gasteiger partial charge in [0, 0.05) is 19.3 Å². The van der Waals surface area contributed by atoms with Gasteiger partial charge in [0.15, 0.2) is 6.10 Å². The fraction of sp³-hybridized carbons (Fsp3) is 0.754. The molecular formula is C61H106O6. The second-order valence-electron chi connectivity index (χ2n) is 18.8. The molecule has 0 N–H and O–H groups in total. The highest BCUT2D eigenvalue weighted by Crippen LogP contribution is 2.16. The minimum Gasteiger partial charge on any atom is -0.462 e. The maximum atomic E-state index is 12.8. The van der Waals surface area contributed by atoms with E-state index in [1.165, 1.54) is 141 Å². The minimum atomic E-state index is -0.800. The molecule has 0 amide bonds. The van der Waals surface area contributed by atoms with Crippen LogP contribution in [0.5, 0.6) is 0 Å². The first-order chi connectivity index (χ1) is 33.0. The summed E-state index contributed by atoms with van der Waals surface area (Å²) in [6, 6.07) is 0. The van der Waals surface area contributed by atoms with Crippen molar-refractivity contribution in [3.8, 4) is 0 Å². The van der Waals surface area contributed by atoms with Crippen LogP contribution in [0.4, 0.5) is 0 Å². The molecule has 0 rings (SSSR count). The summed E-state index contributed by atoms with van der Waals surface area (Å²) in [5.41, 5.74) is 0. The summed E-state index contributed by atoms with van der Waals surface area (Å²) in [5, 5.41) is 0. The standard InChI is InChI=1S/C61H106O6/c1-4-7-10-13-16-19-22-24-26-28-29-30-31-33-35-37-40-42-45-48-51-54-60(63)66-57-58(67-61(64)55-52-49-46-43-38-21-18-15-12-9-6-3)56-65-59(62)53-50-47-44-41-39-36-34-32-27-25-23-20-17-14-11-8-5-2/h8,11,15,17-18,20,25,27,34,36,41,44,58H,4-7,9-10,12-14,16,19,21-24,26,28-33,35,37-40,42-43,45-57H2,1-3H3/b11-8-,18-15-,20-17-,27-25-,36-34-,44-41-/t58-/m1/s1. The molecule has 0 aliphatic carbocycles. The van der Waals surface area contributed by atoms with Crippen LogP contribution >= 0.6 is 0 Å². The van der Waals surface area contributed by atoms with Crippen LogP contribution in [0.2, 0.25) is 0 Å². The van der Waals surface area contributed by atoms with E-state index in [0.717, 1.165) is 89.9 Å². The molecule has 0 aromatic rings. The molecule has 0 saturated carbocycles. The normalized spacial score (nSPS) is 12.6. The first kappa shape index (κ1) is 63.8. The number of ether oxygens (including phenoxy) is 3. The van der Waals surface area contributed by atoms with Gasteiger partial charge in [0.2, 0.25) is 0 Å². The Morgan fingerprint density at radius 3 is 1.03 bits per heavy atom. The predicted molar refractivity (Wildman–Crippen MR) is 288 cm³/mol. The maximum Gasteiger partial charge on any atom is 0.306 e. The van der Waals surface area contributed by atoms with Crippen molar-refractivity contribution in [3.05, 3.63) is 72.9 Å². The lowest BCUT2D eigenvalue weighted by atomic mass is 10.0. The molecule has 0 aromatic carbocycles. The topological polar surface area (TPSA) is 78.9 Å². The van der Waals surface area contributed by atoms with Crippen LogP contribution < -0.4 is 0 Å². The number of hydrogen-bond donors (Lipinski definition) is 0. The van der Waals surface area contributed by atoms with Gasteiger partial charge in [-0.1, -0.05) is 254 Å². The smallest absolute Gasteiger partial charge is 0.306 e. The highest BCUT2D eigenvalue weighted by Gasteiger charge is 2.19. The third-order valence-electron chi connectivity index (χ3n) is 12.2. The number of allylic oxidation sites excluding steroid dienone is 12. The first-order valence-corrected chi connectivity index (χ1v) is 28.4. The van der Waals surface area contributed by atoms with Gasteiger partial charge in [-0.25, -0.2) is 0 Å². The number of unbranched alkanes of at least 4 members (excludes halogenated alkanes) is 28. The van der Waals surface area contributed by atoms with Crippen LogP contribution in [0, 0.1) is 0 Å². The van der Waals surface area contributed by atoms with Crippen molar-refractivity contribution in [2.45, 2.75) is 284 Å². The van der Waals surface area contributed by atoms with E-state index in [1.54, 1.807) is 0 Å². The van der Waals surface area contributed by atoms with Crippen molar-refractivity contribution in [1.29, 1.82) is 0 Å². The average molecular weight is 936 g/mol. The van der Waals surface area contributed by atoms with Gasteiger partial charge in [-0.15, -0.1) is 0 Å². The molecule has 1 atom stereocenters. The van der Waals surface area contributed by atoms with Crippen molar-refractivity contribution in [1.82, 2.24) is 0 Å². The SMILES string of the molecule is CC/C=C\C/C=C\C/C=C\C/C=C\C/C=C\CCCC(=O)OC[C@H](COC(=O)CCCCCCCCCCCCCCCCCCCCCCC)OC(=O)CCCCCCC/C=C\CCCC. The molecule has 0 saturated heterocycles. The van der Waals surface area contributed by atoms with E-state index in [4.69, 9.17) is 14.2 Å². The molecule has 0 fully saturated rings. The van der Waals surface area contributed by atoms with Crippen molar-refractivity contribution >= 4 is 17.9 Å². The summed E-state index contributed by atoms with van der Waals surface area (Å²) in [6.45, 7) is 6.45. The maximum absolute atomic E-state index is 12.8. The summed E-state index contributed by atoms with van der Waals surface area (Å²) in [4.78, 5) is 38.0. The molecule has 0 aromatic heterocycles. The molecule has 0 heterocycles. The Morgan fingerprint density at radius 2 is 0.612 bits per heavy atom. The summed E-state index contributed by atoms with van der Waals surface area (Å²) in [6.07, 6.45) is 70.5. The summed E-state index contributed by atoms with van der Waals surface area (Å²) in [7, 11) is 0. The van der Waals surface area contributed by atoms with E-state index in [2.05, 4.69) is 93.7 Å². The predicted octanol–water partition coefficient (Wildman–Crippen LogP) is 19.0. The van der Waals surface area contributed by atoms with E-state index in [9.17, 15) is 14.4 Å². The molecule has 0 radical (unpaired) electrons. The quantitative estimate of drug-likeness (QED) is 0.0262. The van der Waals surface area contributed by atoms with Crippen LogP contribution in [-0.2, 0) is 28.6 Å². The molecule has 386 valence electrons. The van der Waals surface area contributed by atoms with Gasteiger partial charge in [-0.2, -0.15) is 0 Å². The molecule has 0 bridgehead atoms. The van der Waals surface area contributed by atoms with Crippen LogP contribution in [0.15, 0.2) is 72.9 Å². The molecule has 0 aliphatic rings. The Labute approximate surface area is 414 Å². The van der Waals surface area contributed by atoms with Gasteiger partial charge in [0.05, 0.1) is 0 Å². The zero-order valence-electron chi connectivity index (χ0n) is 44.2. The molecular weight excluding hydrogens is 829 g/mol. The zero-order valence-corrected chi connectivity index (χ0v) is 44.2. The van der Waals surface area contributed by atoms with Crippen LogP contribution in [0.1, 0.15) is 278 Å². The fourth-order valence-electron chi connectivity index (χ4n) is 7.93. The second kappa shape index (κ2) is 55.4. The second-order valence-corrected chi connectivity index (χ2v) is 18.8. The summed E-state index contributed by atoms with van der Waals surface area (Å²) in [5.74, 6) is -0.958. The Kier molecular flexibility index (Phi) is 52.8. The van der Waals surface area contributed by atoms with Crippen LogP contribution in [0.25, 0.3) is 0 Å². The lowest BCUT2D eigenvalue weighted by Crippen LogP contribution is -2.30.